The predicted octanol–water partition coefficient (Wildman–Crippen LogP) is 3.67. The molecule has 0 radical (unpaired) electrons. The van der Waals surface area contributed by atoms with Gasteiger partial charge in [-0.05, 0) is 36.6 Å². The van der Waals surface area contributed by atoms with Crippen molar-refractivity contribution in [1.82, 2.24) is 14.9 Å². The molecule has 0 bridgehead atoms. The van der Waals surface area contributed by atoms with E-state index in [0.29, 0.717) is 0 Å². The molecule has 0 spiro atoms. The lowest BCUT2D eigenvalue weighted by atomic mass is 10.1. The number of rotatable bonds is 2. The van der Waals surface area contributed by atoms with Gasteiger partial charge < -0.3 is 4.90 Å². The third-order valence-corrected chi connectivity index (χ3v) is 5.05. The molecule has 1 atom stereocenters. The highest BCUT2D eigenvalue weighted by atomic mass is 32.1. The Kier molecular flexibility index (Phi) is 3.35. The van der Waals surface area contributed by atoms with Crippen molar-refractivity contribution < 1.29 is 4.79 Å². The normalized spacial score (nSPS) is 18.0. The van der Waals surface area contributed by atoms with Gasteiger partial charge in [-0.25, -0.2) is 4.98 Å². The minimum atomic E-state index is 0.0983. The maximum atomic E-state index is 13.0. The lowest BCUT2D eigenvalue weighted by molar-refractivity contribution is 0.0737. The van der Waals surface area contributed by atoms with Gasteiger partial charge in [0.1, 0.15) is 0 Å². The summed E-state index contributed by atoms with van der Waals surface area (Å²) >= 11 is 1.53. The highest BCUT2D eigenvalue weighted by Crippen LogP contribution is 2.34. The average Bonchev–Trinajstić information content (AvgIpc) is 3.23. The van der Waals surface area contributed by atoms with Crippen molar-refractivity contribution in [2.24, 2.45) is 0 Å². The van der Waals surface area contributed by atoms with Crippen LogP contribution in [0.15, 0.2) is 48.2 Å². The molecule has 0 aliphatic carbocycles. The maximum Gasteiger partial charge on any atom is 0.255 e. The van der Waals surface area contributed by atoms with Crippen molar-refractivity contribution in [3.05, 3.63) is 59.4 Å². The van der Waals surface area contributed by atoms with Crippen molar-refractivity contribution in [2.45, 2.75) is 18.9 Å². The van der Waals surface area contributed by atoms with E-state index in [1.165, 1.54) is 11.3 Å². The Bertz CT molecular complexity index is 815. The van der Waals surface area contributed by atoms with E-state index < -0.39 is 0 Å². The highest BCUT2D eigenvalue weighted by Gasteiger charge is 2.31. The fraction of sp³-hybridized carbons (Fsp3) is 0.235. The van der Waals surface area contributed by atoms with Gasteiger partial charge in [0.2, 0.25) is 0 Å². The van der Waals surface area contributed by atoms with E-state index in [2.05, 4.69) is 16.0 Å². The molecule has 0 N–H and O–H groups in total. The number of thiazole rings is 1. The third kappa shape index (κ3) is 2.18. The lowest BCUT2D eigenvalue weighted by Gasteiger charge is -2.25. The van der Waals surface area contributed by atoms with E-state index in [1.807, 2.05) is 35.4 Å². The average molecular weight is 309 g/mol. The molecule has 4 rings (SSSR count). The summed E-state index contributed by atoms with van der Waals surface area (Å²) in [7, 11) is 0. The molecule has 1 saturated heterocycles. The van der Waals surface area contributed by atoms with Gasteiger partial charge in [0.05, 0.1) is 27.3 Å². The second kappa shape index (κ2) is 5.50. The maximum absolute atomic E-state index is 13.0. The number of hydrogen-bond donors (Lipinski definition) is 0. The van der Waals surface area contributed by atoms with Gasteiger partial charge in [-0.2, -0.15) is 0 Å². The third-order valence-electron chi connectivity index (χ3n) is 4.17. The topological polar surface area (TPSA) is 46.1 Å². The van der Waals surface area contributed by atoms with E-state index in [9.17, 15) is 4.79 Å². The number of carbonyl (C=O) groups excluding carboxylic acids is 1. The fourth-order valence-corrected chi connectivity index (χ4v) is 3.93. The second-order valence-electron chi connectivity index (χ2n) is 5.45. The van der Waals surface area contributed by atoms with Gasteiger partial charge in [0.15, 0.2) is 0 Å². The van der Waals surface area contributed by atoms with Gasteiger partial charge >= 0.3 is 0 Å². The molecule has 1 fully saturated rings. The molecule has 110 valence electrons. The molecule has 4 nitrogen and oxygen atoms in total. The predicted molar refractivity (Wildman–Crippen MR) is 86.9 cm³/mol. The summed E-state index contributed by atoms with van der Waals surface area (Å²) in [6.07, 6.45) is 5.66. The van der Waals surface area contributed by atoms with Crippen molar-refractivity contribution in [3.8, 4) is 0 Å². The van der Waals surface area contributed by atoms with Crippen LogP contribution in [0.5, 0.6) is 0 Å². The fourth-order valence-electron chi connectivity index (χ4n) is 3.14. The van der Waals surface area contributed by atoms with Crippen LogP contribution in [0, 0.1) is 0 Å². The summed E-state index contributed by atoms with van der Waals surface area (Å²) in [6.45, 7) is 0.799. The Hall–Kier alpha value is -2.27. The van der Waals surface area contributed by atoms with Crippen LogP contribution < -0.4 is 0 Å². The van der Waals surface area contributed by atoms with Crippen LogP contribution in [0.3, 0.4) is 0 Å². The van der Waals surface area contributed by atoms with E-state index in [0.717, 1.165) is 40.7 Å². The van der Waals surface area contributed by atoms with E-state index >= 15 is 0 Å². The first-order valence-corrected chi connectivity index (χ1v) is 8.25. The number of aromatic nitrogens is 2. The smallest absolute Gasteiger partial charge is 0.255 e. The molecular formula is C17H15N3OS. The largest absolute Gasteiger partial charge is 0.332 e. The molecule has 5 heteroatoms. The second-order valence-corrected chi connectivity index (χ2v) is 6.30. The Labute approximate surface area is 132 Å². The molecule has 1 amide bonds. The number of benzene rings is 1. The van der Waals surface area contributed by atoms with Gasteiger partial charge in [-0.1, -0.05) is 12.1 Å². The number of likely N-dealkylation sites (tertiary alicyclic amines) is 1. The quantitative estimate of drug-likeness (QED) is 0.725. The number of amides is 1. The lowest BCUT2D eigenvalue weighted by Crippen LogP contribution is -2.30. The molecule has 3 aromatic rings. The van der Waals surface area contributed by atoms with Crippen LogP contribution in [0.2, 0.25) is 0 Å². The van der Waals surface area contributed by atoms with Gasteiger partial charge in [0, 0.05) is 18.9 Å². The van der Waals surface area contributed by atoms with E-state index in [-0.39, 0.29) is 11.9 Å². The van der Waals surface area contributed by atoms with Crippen molar-refractivity contribution in [3.63, 3.8) is 0 Å². The van der Waals surface area contributed by atoms with Gasteiger partial charge in [-0.3, -0.25) is 9.78 Å². The van der Waals surface area contributed by atoms with Crippen molar-refractivity contribution in [2.75, 3.05) is 6.54 Å². The molecular weight excluding hydrogens is 294 g/mol. The zero-order chi connectivity index (χ0) is 14.9. The number of hydrogen-bond acceptors (Lipinski definition) is 4. The van der Waals surface area contributed by atoms with Gasteiger partial charge in [-0.15, -0.1) is 11.3 Å². The van der Waals surface area contributed by atoms with E-state index in [1.54, 1.807) is 11.7 Å². The molecule has 0 saturated carbocycles. The highest BCUT2D eigenvalue weighted by molar-refractivity contribution is 7.17. The van der Waals surface area contributed by atoms with Crippen LogP contribution in [0.4, 0.5) is 0 Å². The molecule has 1 aliphatic rings. The molecule has 3 heterocycles. The Morgan fingerprint density at radius 2 is 2.23 bits per heavy atom. The summed E-state index contributed by atoms with van der Waals surface area (Å²) < 4.78 is 0.976. The first-order valence-electron chi connectivity index (χ1n) is 7.38. The number of carbonyl (C=O) groups is 1. The first kappa shape index (κ1) is 13.4. The molecule has 1 aromatic carbocycles. The SMILES string of the molecule is O=C(c1cccc2ncsc12)N1CCCC1c1cccnc1. The van der Waals surface area contributed by atoms with Crippen LogP contribution >= 0.6 is 11.3 Å². The standard InChI is InChI=1S/C17H15N3OS/c21-17(13-5-1-6-14-16(13)22-11-19-14)20-9-3-7-15(20)12-4-2-8-18-10-12/h1-2,4-6,8,10-11,15H,3,7,9H2. The summed E-state index contributed by atoms with van der Waals surface area (Å²) in [5.74, 6) is 0.0983. The Morgan fingerprint density at radius 1 is 1.27 bits per heavy atom. The van der Waals surface area contributed by atoms with Crippen molar-refractivity contribution in [1.29, 1.82) is 0 Å². The van der Waals surface area contributed by atoms with Crippen LogP contribution in [0.25, 0.3) is 10.2 Å². The first-order chi connectivity index (χ1) is 10.8. The zero-order valence-corrected chi connectivity index (χ0v) is 12.8. The van der Waals surface area contributed by atoms with E-state index in [4.69, 9.17) is 0 Å². The van der Waals surface area contributed by atoms with Crippen molar-refractivity contribution >= 4 is 27.5 Å². The molecule has 2 aromatic heterocycles. The molecule has 1 unspecified atom stereocenters. The Morgan fingerprint density at radius 3 is 3.09 bits per heavy atom. The molecule has 1 aliphatic heterocycles. The summed E-state index contributed by atoms with van der Waals surface area (Å²) in [6, 6.07) is 9.87. The van der Waals surface area contributed by atoms with Crippen LogP contribution in [0.1, 0.15) is 34.8 Å². The Balaban J connectivity index is 1.71. The summed E-state index contributed by atoms with van der Waals surface area (Å²) in [5.41, 5.74) is 4.57. The van der Waals surface area contributed by atoms with Crippen LogP contribution in [-0.2, 0) is 0 Å². The summed E-state index contributed by atoms with van der Waals surface area (Å²) in [5, 5.41) is 0. The minimum absolute atomic E-state index is 0.0983. The minimum Gasteiger partial charge on any atom is -0.332 e. The number of nitrogens with zero attached hydrogens (tertiary/aromatic N) is 3. The number of pyridine rings is 1. The van der Waals surface area contributed by atoms with Gasteiger partial charge in [0.25, 0.3) is 5.91 Å². The monoisotopic (exact) mass is 309 g/mol. The van der Waals surface area contributed by atoms with Crippen LogP contribution in [-0.4, -0.2) is 27.3 Å². The summed E-state index contributed by atoms with van der Waals surface area (Å²) in [4.78, 5) is 23.5. The zero-order valence-electron chi connectivity index (χ0n) is 12.0. The molecule has 22 heavy (non-hydrogen) atoms. The number of fused-ring (bicyclic) bond motifs is 1.